The molecule has 0 spiro atoms. The minimum absolute atomic E-state index is 0.0531. The molecule has 0 bridgehead atoms. The van der Waals surface area contributed by atoms with Crippen molar-refractivity contribution in [2.75, 3.05) is 0 Å². The summed E-state index contributed by atoms with van der Waals surface area (Å²) in [4.78, 5) is 38.8. The van der Waals surface area contributed by atoms with Crippen LogP contribution in [0.4, 0.5) is 0 Å². The number of H-pyrrole nitrogens is 2. The van der Waals surface area contributed by atoms with E-state index in [9.17, 15) is 19.8 Å². The van der Waals surface area contributed by atoms with Crippen LogP contribution in [0.3, 0.4) is 0 Å². The number of nitrogens with one attached hydrogen (secondary N) is 2. The molecule has 0 fully saturated rings. The number of allylic oxidation sites excluding steroid dienone is 2. The molecule has 0 atom stereocenters. The molecule has 4 rings (SSSR count). The molecule has 4 aromatic rings. The summed E-state index contributed by atoms with van der Waals surface area (Å²) in [5.74, 6) is -1.56. The van der Waals surface area contributed by atoms with Crippen LogP contribution < -0.4 is 11.1 Å². The average Bonchev–Trinajstić information content (AvgIpc) is 2.68. The standard InChI is InChI=1S/C20H16N4O4/c1-2-5-10(13-15(25)11-6-3-8-21-17(11)23-19(13)27)14-16(26)12-7-4-9-22-18(12)24-20(14)28/h2-10H,1H3,(H2,21,23,25,27)(H2,22,24,26,28)/b5-2+. The highest BCUT2D eigenvalue weighted by molar-refractivity contribution is 5.85. The first kappa shape index (κ1) is 17.5. The van der Waals surface area contributed by atoms with Crippen molar-refractivity contribution in [1.82, 2.24) is 19.9 Å². The van der Waals surface area contributed by atoms with Crippen molar-refractivity contribution in [2.24, 2.45) is 0 Å². The average molecular weight is 376 g/mol. The zero-order valence-electron chi connectivity index (χ0n) is 14.8. The van der Waals surface area contributed by atoms with Crippen LogP contribution in [0.2, 0.25) is 0 Å². The van der Waals surface area contributed by atoms with Crippen molar-refractivity contribution in [2.45, 2.75) is 12.8 Å². The maximum Gasteiger partial charge on any atom is 0.257 e. The van der Waals surface area contributed by atoms with Crippen LogP contribution in [0.5, 0.6) is 11.5 Å². The van der Waals surface area contributed by atoms with Gasteiger partial charge in [-0.05, 0) is 31.2 Å². The van der Waals surface area contributed by atoms with Gasteiger partial charge >= 0.3 is 0 Å². The molecule has 8 heteroatoms. The molecule has 8 nitrogen and oxygen atoms in total. The highest BCUT2D eigenvalue weighted by atomic mass is 16.3. The molecule has 0 aliphatic carbocycles. The molecule has 0 aliphatic rings. The van der Waals surface area contributed by atoms with Crippen LogP contribution >= 0.6 is 0 Å². The molecular weight excluding hydrogens is 360 g/mol. The normalized spacial score (nSPS) is 11.8. The van der Waals surface area contributed by atoms with Gasteiger partial charge in [0.05, 0.1) is 21.9 Å². The lowest BCUT2D eigenvalue weighted by Crippen LogP contribution is -2.23. The van der Waals surface area contributed by atoms with Gasteiger partial charge in [-0.2, -0.15) is 0 Å². The van der Waals surface area contributed by atoms with Gasteiger partial charge in [0, 0.05) is 18.3 Å². The highest BCUT2D eigenvalue weighted by Crippen LogP contribution is 2.37. The highest BCUT2D eigenvalue weighted by Gasteiger charge is 2.27. The Morgan fingerprint density at radius 2 is 1.36 bits per heavy atom. The van der Waals surface area contributed by atoms with Crippen molar-refractivity contribution in [3.8, 4) is 11.5 Å². The van der Waals surface area contributed by atoms with Gasteiger partial charge < -0.3 is 20.2 Å². The number of aromatic nitrogens is 4. The van der Waals surface area contributed by atoms with Crippen molar-refractivity contribution in [3.63, 3.8) is 0 Å². The summed E-state index contributed by atoms with van der Waals surface area (Å²) in [5.41, 5.74) is -0.846. The van der Waals surface area contributed by atoms with Gasteiger partial charge in [-0.3, -0.25) is 9.59 Å². The molecule has 4 N–H and O–H groups in total. The summed E-state index contributed by atoms with van der Waals surface area (Å²) in [6.45, 7) is 1.72. The second kappa shape index (κ2) is 6.66. The summed E-state index contributed by atoms with van der Waals surface area (Å²) < 4.78 is 0. The van der Waals surface area contributed by atoms with E-state index in [1.54, 1.807) is 43.3 Å². The fourth-order valence-corrected chi connectivity index (χ4v) is 3.35. The molecule has 28 heavy (non-hydrogen) atoms. The number of fused-ring (bicyclic) bond motifs is 2. The number of aromatic amines is 2. The number of hydrogen-bond donors (Lipinski definition) is 4. The predicted molar refractivity (Wildman–Crippen MR) is 105 cm³/mol. The van der Waals surface area contributed by atoms with E-state index in [4.69, 9.17) is 0 Å². The van der Waals surface area contributed by atoms with E-state index < -0.39 is 17.0 Å². The van der Waals surface area contributed by atoms with E-state index in [-0.39, 0.29) is 33.9 Å². The zero-order valence-corrected chi connectivity index (χ0v) is 14.8. The number of hydrogen-bond acceptors (Lipinski definition) is 6. The van der Waals surface area contributed by atoms with Gasteiger partial charge in [-0.15, -0.1) is 0 Å². The first-order chi connectivity index (χ1) is 13.5. The fourth-order valence-electron chi connectivity index (χ4n) is 3.35. The molecule has 4 aromatic heterocycles. The lowest BCUT2D eigenvalue weighted by molar-refractivity contribution is 0.463. The van der Waals surface area contributed by atoms with Crippen molar-refractivity contribution < 1.29 is 10.2 Å². The number of nitrogens with zero attached hydrogens (tertiary/aromatic N) is 2. The largest absolute Gasteiger partial charge is 0.507 e. The van der Waals surface area contributed by atoms with Crippen molar-refractivity contribution in [1.29, 1.82) is 0 Å². The summed E-state index contributed by atoms with van der Waals surface area (Å²) in [6.07, 6.45) is 6.20. The first-order valence-corrected chi connectivity index (χ1v) is 8.55. The Morgan fingerprint density at radius 3 is 1.79 bits per heavy atom. The summed E-state index contributed by atoms with van der Waals surface area (Å²) in [7, 11) is 0. The van der Waals surface area contributed by atoms with E-state index in [0.29, 0.717) is 10.8 Å². The molecular formula is C20H16N4O4. The zero-order chi connectivity index (χ0) is 19.8. The summed E-state index contributed by atoms with van der Waals surface area (Å²) in [6, 6.07) is 6.47. The molecule has 0 amide bonds. The third-order valence-corrected chi connectivity index (χ3v) is 4.60. The van der Waals surface area contributed by atoms with Gasteiger partial charge in [-0.1, -0.05) is 12.2 Å². The molecule has 0 radical (unpaired) electrons. The van der Waals surface area contributed by atoms with Crippen LogP contribution in [0.15, 0.2) is 58.4 Å². The predicted octanol–water partition coefficient (Wildman–Crippen LogP) is 2.28. The second-order valence-corrected chi connectivity index (χ2v) is 6.24. The molecule has 0 aliphatic heterocycles. The Morgan fingerprint density at radius 1 is 0.893 bits per heavy atom. The topological polar surface area (TPSA) is 132 Å². The summed E-state index contributed by atoms with van der Waals surface area (Å²) >= 11 is 0. The van der Waals surface area contributed by atoms with Crippen LogP contribution in [0.1, 0.15) is 24.0 Å². The van der Waals surface area contributed by atoms with E-state index in [1.165, 1.54) is 12.4 Å². The van der Waals surface area contributed by atoms with Crippen LogP contribution in [0, 0.1) is 0 Å². The van der Waals surface area contributed by atoms with Crippen LogP contribution in [-0.2, 0) is 0 Å². The van der Waals surface area contributed by atoms with Gasteiger partial charge in [-0.25, -0.2) is 9.97 Å². The molecule has 0 aromatic carbocycles. The molecule has 4 heterocycles. The third kappa shape index (κ3) is 2.62. The van der Waals surface area contributed by atoms with Gasteiger partial charge in [0.25, 0.3) is 11.1 Å². The molecule has 0 unspecified atom stereocenters. The van der Waals surface area contributed by atoms with Gasteiger partial charge in [0.15, 0.2) is 0 Å². The third-order valence-electron chi connectivity index (χ3n) is 4.60. The van der Waals surface area contributed by atoms with E-state index in [2.05, 4.69) is 19.9 Å². The maximum atomic E-state index is 12.7. The van der Waals surface area contributed by atoms with Crippen LogP contribution in [-0.4, -0.2) is 30.1 Å². The Balaban J connectivity index is 2.08. The second-order valence-electron chi connectivity index (χ2n) is 6.24. The molecule has 0 saturated carbocycles. The monoisotopic (exact) mass is 376 g/mol. The number of aromatic hydroxyl groups is 2. The van der Waals surface area contributed by atoms with Crippen molar-refractivity contribution in [3.05, 3.63) is 80.6 Å². The lowest BCUT2D eigenvalue weighted by atomic mass is 9.90. The van der Waals surface area contributed by atoms with Crippen LogP contribution in [0.25, 0.3) is 22.1 Å². The number of pyridine rings is 4. The Kier molecular flexibility index (Phi) is 4.15. The van der Waals surface area contributed by atoms with Gasteiger partial charge in [0.1, 0.15) is 22.8 Å². The molecule has 140 valence electrons. The number of rotatable bonds is 3. The minimum Gasteiger partial charge on any atom is -0.507 e. The quantitative estimate of drug-likeness (QED) is 0.406. The summed E-state index contributed by atoms with van der Waals surface area (Å²) in [5, 5.41) is 22.2. The minimum atomic E-state index is -0.980. The lowest BCUT2D eigenvalue weighted by Gasteiger charge is -2.17. The Labute approximate surface area is 157 Å². The van der Waals surface area contributed by atoms with E-state index in [1.807, 2.05) is 0 Å². The Bertz CT molecular complexity index is 1250. The van der Waals surface area contributed by atoms with Gasteiger partial charge in [0.2, 0.25) is 0 Å². The van der Waals surface area contributed by atoms with E-state index >= 15 is 0 Å². The Hall–Kier alpha value is -3.94. The smallest absolute Gasteiger partial charge is 0.257 e. The van der Waals surface area contributed by atoms with E-state index in [0.717, 1.165) is 0 Å². The maximum absolute atomic E-state index is 12.7. The fraction of sp³-hybridized carbons (Fsp3) is 0.100. The molecule has 0 saturated heterocycles. The first-order valence-electron chi connectivity index (χ1n) is 8.55. The SMILES string of the molecule is C/C=C/C(c1c(O)c2cccnc2[nH]c1=O)c1c(O)c2cccnc2[nH]c1=O. The van der Waals surface area contributed by atoms with Crippen molar-refractivity contribution >= 4 is 22.1 Å².